The van der Waals surface area contributed by atoms with Gasteiger partial charge in [0.25, 0.3) is 5.91 Å². The predicted molar refractivity (Wildman–Crippen MR) is 59.3 cm³/mol. The first-order valence-corrected chi connectivity index (χ1v) is 5.13. The molecule has 0 bridgehead atoms. The van der Waals surface area contributed by atoms with Gasteiger partial charge in [-0.3, -0.25) is 4.79 Å². The normalized spacial score (nSPS) is 14.4. The van der Waals surface area contributed by atoms with Crippen LogP contribution in [0.3, 0.4) is 0 Å². The monoisotopic (exact) mass is 293 g/mol. The molecule has 0 heterocycles. The first kappa shape index (κ1) is 15.6. The maximum absolute atomic E-state index is 12.7. The van der Waals surface area contributed by atoms with Gasteiger partial charge in [-0.25, -0.2) is 4.79 Å². The Balaban J connectivity index is 3.13. The minimum Gasteiger partial charge on any atom is -0.508 e. The van der Waals surface area contributed by atoms with Gasteiger partial charge in [0.15, 0.2) is 0 Å². The number of aromatic hydroxyl groups is 2. The summed E-state index contributed by atoms with van der Waals surface area (Å²) in [5.74, 6) is -4.92. The highest BCUT2D eigenvalue weighted by atomic mass is 19.4. The summed E-state index contributed by atoms with van der Waals surface area (Å²) < 4.78 is 38.1. The van der Waals surface area contributed by atoms with Crippen molar-refractivity contribution in [2.75, 3.05) is 0 Å². The number of carbonyl (C=O) groups excluding carboxylic acids is 1. The first-order valence-electron chi connectivity index (χ1n) is 5.13. The average Bonchev–Trinajstić information content (AvgIpc) is 2.26. The van der Waals surface area contributed by atoms with Gasteiger partial charge in [-0.2, -0.15) is 13.2 Å². The Morgan fingerprint density at radius 2 is 1.75 bits per heavy atom. The number of benzene rings is 1. The molecule has 1 atom stereocenters. The molecule has 0 aliphatic carbocycles. The fourth-order valence-corrected chi connectivity index (χ4v) is 1.25. The van der Waals surface area contributed by atoms with Gasteiger partial charge in [-0.1, -0.05) is 0 Å². The van der Waals surface area contributed by atoms with Crippen molar-refractivity contribution in [1.29, 1.82) is 0 Å². The zero-order chi connectivity index (χ0) is 15.7. The second-order valence-corrected chi connectivity index (χ2v) is 4.08. The maximum Gasteiger partial charge on any atom is 0.422 e. The third kappa shape index (κ3) is 2.76. The molecule has 1 aromatic rings. The van der Waals surface area contributed by atoms with Crippen LogP contribution in [-0.4, -0.2) is 38.9 Å². The van der Waals surface area contributed by atoms with E-state index < -0.39 is 40.7 Å². The van der Waals surface area contributed by atoms with E-state index in [9.17, 15) is 27.9 Å². The second-order valence-electron chi connectivity index (χ2n) is 4.08. The lowest BCUT2D eigenvalue weighted by atomic mass is 10.0. The van der Waals surface area contributed by atoms with Gasteiger partial charge in [0.05, 0.1) is 5.56 Å². The summed E-state index contributed by atoms with van der Waals surface area (Å²) in [7, 11) is 0. The molecule has 0 spiro atoms. The molecule has 4 N–H and O–H groups in total. The summed E-state index contributed by atoms with van der Waals surface area (Å²) in [6.07, 6.45) is -5.24. The molecule has 1 unspecified atom stereocenters. The number of carboxylic acids is 1. The van der Waals surface area contributed by atoms with Gasteiger partial charge >= 0.3 is 12.1 Å². The van der Waals surface area contributed by atoms with E-state index in [0.29, 0.717) is 0 Å². The summed E-state index contributed by atoms with van der Waals surface area (Å²) in [6, 6.07) is 2.56. The van der Waals surface area contributed by atoms with Crippen molar-refractivity contribution in [2.45, 2.75) is 18.6 Å². The molecule has 0 saturated carbocycles. The molecule has 0 aliphatic heterocycles. The van der Waals surface area contributed by atoms with Crippen LogP contribution >= 0.6 is 0 Å². The molecule has 0 aliphatic rings. The van der Waals surface area contributed by atoms with E-state index in [4.69, 9.17) is 10.2 Å². The van der Waals surface area contributed by atoms with Crippen molar-refractivity contribution < 1.29 is 38.1 Å². The van der Waals surface area contributed by atoms with Gasteiger partial charge in [-0.15, -0.1) is 0 Å². The van der Waals surface area contributed by atoms with Crippen LogP contribution in [0.5, 0.6) is 11.5 Å². The minimum absolute atomic E-state index is 0.282. The zero-order valence-electron chi connectivity index (χ0n) is 10.0. The van der Waals surface area contributed by atoms with Crippen LogP contribution in [-0.2, 0) is 4.79 Å². The number of phenolic OH excluding ortho intramolecular Hbond substituents is 2. The molecule has 110 valence electrons. The second kappa shape index (κ2) is 4.91. The SMILES string of the molecule is CC(NC(=O)c1ccc(O)cc1O)(C(=O)O)C(F)(F)F. The summed E-state index contributed by atoms with van der Waals surface area (Å²) in [4.78, 5) is 22.4. The van der Waals surface area contributed by atoms with Crippen LogP contribution in [0.1, 0.15) is 17.3 Å². The number of halogens is 3. The van der Waals surface area contributed by atoms with Crippen molar-refractivity contribution >= 4 is 11.9 Å². The van der Waals surface area contributed by atoms with E-state index in [1.165, 1.54) is 5.32 Å². The van der Waals surface area contributed by atoms with Gasteiger partial charge in [0.1, 0.15) is 11.5 Å². The molecule has 20 heavy (non-hydrogen) atoms. The summed E-state index contributed by atoms with van der Waals surface area (Å²) in [6.45, 7) is 0.282. The Morgan fingerprint density at radius 1 is 1.20 bits per heavy atom. The number of rotatable bonds is 3. The summed E-state index contributed by atoms with van der Waals surface area (Å²) >= 11 is 0. The van der Waals surface area contributed by atoms with E-state index in [0.717, 1.165) is 18.2 Å². The Hall–Kier alpha value is -2.45. The largest absolute Gasteiger partial charge is 0.508 e. The minimum atomic E-state index is -5.24. The Morgan fingerprint density at radius 3 is 2.15 bits per heavy atom. The van der Waals surface area contributed by atoms with Gasteiger partial charge < -0.3 is 20.6 Å². The van der Waals surface area contributed by atoms with Crippen LogP contribution in [0, 0.1) is 0 Å². The molecule has 1 aromatic carbocycles. The number of carboxylic acid groups (broad SMARTS) is 1. The van der Waals surface area contributed by atoms with E-state index in [1.807, 2.05) is 0 Å². The highest BCUT2D eigenvalue weighted by Gasteiger charge is 2.58. The Kier molecular flexibility index (Phi) is 3.83. The Bertz CT molecular complexity index is 557. The van der Waals surface area contributed by atoms with E-state index in [2.05, 4.69) is 0 Å². The number of hydrogen-bond donors (Lipinski definition) is 4. The van der Waals surface area contributed by atoms with Crippen molar-refractivity contribution in [3.8, 4) is 11.5 Å². The predicted octanol–water partition coefficient (Wildman–Crippen LogP) is 1.23. The lowest BCUT2D eigenvalue weighted by Crippen LogP contribution is -2.61. The number of aliphatic carboxylic acids is 1. The average molecular weight is 293 g/mol. The quantitative estimate of drug-likeness (QED) is 0.670. The van der Waals surface area contributed by atoms with Gasteiger partial charge in [0, 0.05) is 6.07 Å². The molecule has 0 saturated heterocycles. The number of nitrogens with one attached hydrogen (secondary N) is 1. The van der Waals surface area contributed by atoms with Crippen LogP contribution < -0.4 is 5.32 Å². The van der Waals surface area contributed by atoms with Crippen LogP contribution in [0.2, 0.25) is 0 Å². The van der Waals surface area contributed by atoms with E-state index in [1.54, 1.807) is 0 Å². The van der Waals surface area contributed by atoms with Crippen LogP contribution in [0.15, 0.2) is 18.2 Å². The maximum atomic E-state index is 12.7. The molecule has 6 nitrogen and oxygen atoms in total. The summed E-state index contributed by atoms with van der Waals surface area (Å²) in [5.41, 5.74) is -4.10. The van der Waals surface area contributed by atoms with Crippen molar-refractivity contribution in [2.24, 2.45) is 0 Å². The molecule has 0 radical (unpaired) electrons. The third-order valence-corrected chi connectivity index (χ3v) is 2.58. The number of alkyl halides is 3. The molecule has 0 aromatic heterocycles. The Labute approximate surface area is 110 Å². The molecular weight excluding hydrogens is 283 g/mol. The standard InChI is InChI=1S/C11H10F3NO5/c1-10(9(19)20,11(12,13)14)15-8(18)6-3-2-5(16)4-7(6)17/h2-4,16-17H,1H3,(H,15,18)(H,19,20). The molecular formula is C11H10F3NO5. The summed E-state index contributed by atoms with van der Waals surface area (Å²) in [5, 5.41) is 28.3. The van der Waals surface area contributed by atoms with Gasteiger partial charge in [0.2, 0.25) is 5.54 Å². The highest BCUT2D eigenvalue weighted by molar-refractivity contribution is 6.00. The van der Waals surface area contributed by atoms with E-state index in [-0.39, 0.29) is 6.92 Å². The van der Waals surface area contributed by atoms with Gasteiger partial charge in [-0.05, 0) is 19.1 Å². The lowest BCUT2D eigenvalue weighted by Gasteiger charge is -2.28. The lowest BCUT2D eigenvalue weighted by molar-refractivity contribution is -0.203. The fourth-order valence-electron chi connectivity index (χ4n) is 1.25. The topological polar surface area (TPSA) is 107 Å². The molecule has 1 rings (SSSR count). The smallest absolute Gasteiger partial charge is 0.422 e. The van der Waals surface area contributed by atoms with Crippen molar-refractivity contribution in [1.82, 2.24) is 5.32 Å². The number of hydrogen-bond acceptors (Lipinski definition) is 4. The number of carbonyl (C=O) groups is 2. The molecule has 0 fully saturated rings. The van der Waals surface area contributed by atoms with Crippen molar-refractivity contribution in [3.05, 3.63) is 23.8 Å². The first-order chi connectivity index (χ1) is 8.99. The number of phenols is 2. The van der Waals surface area contributed by atoms with E-state index >= 15 is 0 Å². The van der Waals surface area contributed by atoms with Crippen LogP contribution in [0.4, 0.5) is 13.2 Å². The fraction of sp³-hybridized carbons (Fsp3) is 0.273. The highest BCUT2D eigenvalue weighted by Crippen LogP contribution is 2.31. The zero-order valence-corrected chi connectivity index (χ0v) is 10.0. The van der Waals surface area contributed by atoms with Crippen LogP contribution in [0.25, 0.3) is 0 Å². The third-order valence-electron chi connectivity index (χ3n) is 2.58. The van der Waals surface area contributed by atoms with Crippen molar-refractivity contribution in [3.63, 3.8) is 0 Å². The molecule has 1 amide bonds. The number of amides is 1. The molecule has 9 heteroatoms.